The van der Waals surface area contributed by atoms with Gasteiger partial charge in [0.2, 0.25) is 0 Å². The lowest BCUT2D eigenvalue weighted by molar-refractivity contribution is 0.0630. The Labute approximate surface area is 134 Å². The van der Waals surface area contributed by atoms with Gasteiger partial charge in [0.25, 0.3) is 5.91 Å². The first-order chi connectivity index (χ1) is 9.97. The van der Waals surface area contributed by atoms with Gasteiger partial charge in [-0.1, -0.05) is 15.9 Å². The Morgan fingerprint density at radius 3 is 2.57 bits per heavy atom. The molecule has 116 valence electrons. The first kappa shape index (κ1) is 16.3. The molecule has 0 spiro atoms. The third-order valence-corrected chi connectivity index (χ3v) is 4.26. The van der Waals surface area contributed by atoms with Crippen LogP contribution in [-0.4, -0.2) is 74.0 Å². The lowest BCUT2D eigenvalue weighted by Gasteiger charge is -2.35. The van der Waals surface area contributed by atoms with E-state index in [1.165, 1.54) is 0 Å². The highest BCUT2D eigenvalue weighted by Crippen LogP contribution is 2.20. The van der Waals surface area contributed by atoms with Gasteiger partial charge in [0.15, 0.2) is 0 Å². The van der Waals surface area contributed by atoms with Crippen LogP contribution in [0.25, 0.3) is 0 Å². The van der Waals surface area contributed by atoms with Crippen molar-refractivity contribution in [2.75, 3.05) is 59.1 Å². The molecule has 0 saturated carbocycles. The van der Waals surface area contributed by atoms with Crippen molar-refractivity contribution in [3.63, 3.8) is 0 Å². The summed E-state index contributed by atoms with van der Waals surface area (Å²) in [5.41, 5.74) is 7.05. The monoisotopic (exact) mass is 354 g/mol. The van der Waals surface area contributed by atoms with Crippen LogP contribution in [0.1, 0.15) is 10.4 Å². The van der Waals surface area contributed by atoms with E-state index < -0.39 is 0 Å². The average molecular weight is 355 g/mol. The lowest BCUT2D eigenvalue weighted by Crippen LogP contribution is -2.50. The Bertz CT molecular complexity index is 498. The number of carbonyl (C=O) groups is 1. The molecule has 1 heterocycles. The van der Waals surface area contributed by atoms with Crippen molar-refractivity contribution < 1.29 is 4.79 Å². The number of likely N-dealkylation sites (N-methyl/N-ethyl adjacent to an activating group) is 1. The first-order valence-electron chi connectivity index (χ1n) is 7.19. The molecule has 0 atom stereocenters. The summed E-state index contributed by atoms with van der Waals surface area (Å²) < 4.78 is 0.879. The fourth-order valence-electron chi connectivity index (χ4n) is 2.40. The van der Waals surface area contributed by atoms with Gasteiger partial charge in [0.05, 0.1) is 5.56 Å². The van der Waals surface area contributed by atoms with Gasteiger partial charge in [0.1, 0.15) is 0 Å². The second kappa shape index (κ2) is 7.24. The molecule has 1 aromatic rings. The SMILES string of the molecule is CN(C)CCN1CCN(C(=O)c2cc(Br)ccc2N)CC1. The Hall–Kier alpha value is -1.11. The molecule has 0 radical (unpaired) electrons. The van der Waals surface area contributed by atoms with Crippen LogP contribution in [0.3, 0.4) is 0 Å². The minimum Gasteiger partial charge on any atom is -0.398 e. The molecule has 1 fully saturated rings. The summed E-state index contributed by atoms with van der Waals surface area (Å²) in [5.74, 6) is 0.0288. The van der Waals surface area contributed by atoms with E-state index in [1.54, 1.807) is 12.1 Å². The number of hydrogen-bond donors (Lipinski definition) is 1. The van der Waals surface area contributed by atoms with Crippen molar-refractivity contribution in [1.82, 2.24) is 14.7 Å². The molecular weight excluding hydrogens is 332 g/mol. The molecule has 0 unspecified atom stereocenters. The molecule has 0 aliphatic carbocycles. The number of hydrogen-bond acceptors (Lipinski definition) is 4. The van der Waals surface area contributed by atoms with E-state index in [1.807, 2.05) is 11.0 Å². The van der Waals surface area contributed by atoms with Gasteiger partial charge in [-0.3, -0.25) is 9.69 Å². The molecule has 2 rings (SSSR count). The Balaban J connectivity index is 1.92. The van der Waals surface area contributed by atoms with Gasteiger partial charge < -0.3 is 15.5 Å². The van der Waals surface area contributed by atoms with E-state index >= 15 is 0 Å². The van der Waals surface area contributed by atoms with E-state index in [0.717, 1.165) is 43.7 Å². The summed E-state index contributed by atoms with van der Waals surface area (Å²) >= 11 is 3.39. The molecule has 1 amide bonds. The number of carbonyl (C=O) groups excluding carboxylic acids is 1. The van der Waals surface area contributed by atoms with Crippen molar-refractivity contribution in [1.29, 1.82) is 0 Å². The van der Waals surface area contributed by atoms with Gasteiger partial charge in [-0.05, 0) is 32.3 Å². The van der Waals surface area contributed by atoms with Crippen LogP contribution < -0.4 is 5.73 Å². The zero-order valence-electron chi connectivity index (χ0n) is 12.7. The van der Waals surface area contributed by atoms with E-state index in [-0.39, 0.29) is 5.91 Å². The Kier molecular flexibility index (Phi) is 5.61. The molecule has 0 aromatic heterocycles. The van der Waals surface area contributed by atoms with Gasteiger partial charge in [-0.25, -0.2) is 0 Å². The minimum absolute atomic E-state index is 0.0288. The predicted octanol–water partition coefficient (Wildman–Crippen LogP) is 1.35. The highest BCUT2D eigenvalue weighted by Gasteiger charge is 2.23. The number of nitrogen functional groups attached to an aromatic ring is 1. The molecule has 6 heteroatoms. The van der Waals surface area contributed by atoms with Crippen LogP contribution >= 0.6 is 15.9 Å². The number of halogens is 1. The zero-order chi connectivity index (χ0) is 15.4. The number of nitrogens with two attached hydrogens (primary N) is 1. The molecule has 1 aromatic carbocycles. The quantitative estimate of drug-likeness (QED) is 0.829. The molecule has 5 nitrogen and oxygen atoms in total. The first-order valence-corrected chi connectivity index (χ1v) is 7.98. The number of piperazine rings is 1. The number of anilines is 1. The minimum atomic E-state index is 0.0288. The van der Waals surface area contributed by atoms with Gasteiger partial charge >= 0.3 is 0 Å². The standard InChI is InChI=1S/C15H23BrN4O/c1-18(2)5-6-19-7-9-20(10-8-19)15(21)13-11-12(16)3-4-14(13)17/h3-4,11H,5-10,17H2,1-2H3. The van der Waals surface area contributed by atoms with Crippen molar-refractivity contribution in [3.05, 3.63) is 28.2 Å². The van der Waals surface area contributed by atoms with Crippen LogP contribution in [0.5, 0.6) is 0 Å². The van der Waals surface area contributed by atoms with Crippen molar-refractivity contribution in [2.24, 2.45) is 0 Å². The summed E-state index contributed by atoms with van der Waals surface area (Å²) in [6, 6.07) is 5.42. The van der Waals surface area contributed by atoms with Crippen molar-refractivity contribution >= 4 is 27.5 Å². The molecule has 21 heavy (non-hydrogen) atoms. The van der Waals surface area contributed by atoms with Crippen LogP contribution in [0, 0.1) is 0 Å². The van der Waals surface area contributed by atoms with Gasteiger partial charge in [-0.2, -0.15) is 0 Å². The zero-order valence-corrected chi connectivity index (χ0v) is 14.3. The van der Waals surface area contributed by atoms with Crippen LogP contribution in [0.4, 0.5) is 5.69 Å². The highest BCUT2D eigenvalue weighted by molar-refractivity contribution is 9.10. The Morgan fingerprint density at radius 2 is 1.95 bits per heavy atom. The maximum Gasteiger partial charge on any atom is 0.256 e. The predicted molar refractivity (Wildman–Crippen MR) is 89.5 cm³/mol. The van der Waals surface area contributed by atoms with Gasteiger partial charge in [-0.15, -0.1) is 0 Å². The molecule has 1 saturated heterocycles. The number of benzene rings is 1. The second-order valence-corrected chi connectivity index (χ2v) is 6.58. The topological polar surface area (TPSA) is 52.8 Å². The Morgan fingerprint density at radius 1 is 1.29 bits per heavy atom. The third-order valence-electron chi connectivity index (χ3n) is 3.77. The lowest BCUT2D eigenvalue weighted by atomic mass is 10.1. The summed E-state index contributed by atoms with van der Waals surface area (Å²) in [4.78, 5) is 19.0. The highest BCUT2D eigenvalue weighted by atomic mass is 79.9. The molecular formula is C15H23BrN4O. The number of rotatable bonds is 4. The normalized spacial score (nSPS) is 16.5. The second-order valence-electron chi connectivity index (χ2n) is 5.67. The number of amides is 1. The van der Waals surface area contributed by atoms with Crippen molar-refractivity contribution in [2.45, 2.75) is 0 Å². The molecule has 0 bridgehead atoms. The fourth-order valence-corrected chi connectivity index (χ4v) is 2.76. The molecule has 1 aliphatic heterocycles. The fraction of sp³-hybridized carbons (Fsp3) is 0.533. The average Bonchev–Trinajstić information content (AvgIpc) is 2.47. The van der Waals surface area contributed by atoms with Gasteiger partial charge in [0, 0.05) is 49.4 Å². The molecule has 1 aliphatic rings. The third kappa shape index (κ3) is 4.43. The van der Waals surface area contributed by atoms with E-state index in [4.69, 9.17) is 5.73 Å². The summed E-state index contributed by atoms with van der Waals surface area (Å²) in [7, 11) is 4.16. The maximum atomic E-state index is 12.5. The maximum absolute atomic E-state index is 12.5. The van der Waals surface area contributed by atoms with Crippen LogP contribution in [0.15, 0.2) is 22.7 Å². The van der Waals surface area contributed by atoms with E-state index in [2.05, 4.69) is 39.8 Å². The summed E-state index contributed by atoms with van der Waals surface area (Å²) in [5, 5.41) is 0. The summed E-state index contributed by atoms with van der Waals surface area (Å²) in [6.45, 7) is 5.47. The smallest absolute Gasteiger partial charge is 0.256 e. The van der Waals surface area contributed by atoms with Crippen molar-refractivity contribution in [3.8, 4) is 0 Å². The largest absolute Gasteiger partial charge is 0.398 e. The van der Waals surface area contributed by atoms with Crippen LogP contribution in [0.2, 0.25) is 0 Å². The number of nitrogens with zero attached hydrogens (tertiary/aromatic N) is 3. The van der Waals surface area contributed by atoms with E-state index in [0.29, 0.717) is 11.3 Å². The van der Waals surface area contributed by atoms with Crippen LogP contribution in [-0.2, 0) is 0 Å². The van der Waals surface area contributed by atoms with E-state index in [9.17, 15) is 4.79 Å². The molecule has 2 N–H and O–H groups in total. The summed E-state index contributed by atoms with van der Waals surface area (Å²) in [6.07, 6.45) is 0.